The van der Waals surface area contributed by atoms with Crippen molar-refractivity contribution in [1.82, 2.24) is 31.2 Å². The molecular weight excluding hydrogens is 480 g/mol. The molecule has 0 radical (unpaired) electrons. The summed E-state index contributed by atoms with van der Waals surface area (Å²) in [4.78, 5) is 67.7. The second kappa shape index (κ2) is 14.3. The Labute approximate surface area is 206 Å². The van der Waals surface area contributed by atoms with Crippen LogP contribution in [-0.2, 0) is 30.4 Å². The number of aliphatic carboxylic acids is 2. The maximum atomic E-state index is 13.1. The zero-order chi connectivity index (χ0) is 25.8. The molecule has 0 aliphatic carbocycles. The first-order valence-electron chi connectivity index (χ1n) is 11.3. The summed E-state index contributed by atoms with van der Waals surface area (Å²) < 4.78 is 0. The summed E-state index contributed by atoms with van der Waals surface area (Å²) >= 11 is 1.50. The van der Waals surface area contributed by atoms with E-state index < -0.39 is 48.3 Å². The van der Waals surface area contributed by atoms with Crippen molar-refractivity contribution in [2.24, 2.45) is 0 Å². The van der Waals surface area contributed by atoms with Crippen molar-refractivity contribution in [3.63, 3.8) is 0 Å². The summed E-state index contributed by atoms with van der Waals surface area (Å²) in [5.41, 5.74) is 0.516. The minimum absolute atomic E-state index is 0.0176. The topological polar surface area (TPSA) is 203 Å². The summed E-state index contributed by atoms with van der Waals surface area (Å²) in [7, 11) is 0. The Hall–Kier alpha value is -3.13. The van der Waals surface area contributed by atoms with Gasteiger partial charge in [-0.05, 0) is 44.2 Å². The number of hydrogen-bond donors (Lipinski definition) is 7. The van der Waals surface area contributed by atoms with Crippen LogP contribution in [0.1, 0.15) is 37.8 Å². The maximum absolute atomic E-state index is 13.1. The smallest absolute Gasteiger partial charge is 0.326 e. The van der Waals surface area contributed by atoms with Crippen LogP contribution in [0, 0.1) is 0 Å². The molecule has 14 heteroatoms. The van der Waals surface area contributed by atoms with Crippen LogP contribution in [0.3, 0.4) is 0 Å². The molecule has 4 unspecified atom stereocenters. The molecule has 35 heavy (non-hydrogen) atoms. The summed E-state index contributed by atoms with van der Waals surface area (Å²) in [6, 6.07) is -3.90. The zero-order valence-corrected chi connectivity index (χ0v) is 20.2. The average molecular weight is 513 g/mol. The molecule has 194 valence electrons. The largest absolute Gasteiger partial charge is 0.481 e. The number of carboxylic acid groups (broad SMARTS) is 2. The predicted molar refractivity (Wildman–Crippen MR) is 127 cm³/mol. The molecule has 0 spiro atoms. The Kier molecular flexibility index (Phi) is 11.5. The first kappa shape index (κ1) is 28.1. The molecule has 0 saturated carbocycles. The fourth-order valence-corrected chi connectivity index (χ4v) is 4.05. The monoisotopic (exact) mass is 512 g/mol. The average Bonchev–Trinajstić information content (AvgIpc) is 3.52. The first-order valence-corrected chi connectivity index (χ1v) is 12.7. The van der Waals surface area contributed by atoms with Crippen molar-refractivity contribution >= 4 is 41.4 Å². The SMILES string of the molecule is CSCCC(NC(=O)C1CCCN1)C(=O)NC(Cc1cnc[nH]1)C(=O)NC(CCC(=O)O)C(=O)O. The number of carboxylic acids is 2. The number of aromatic nitrogens is 2. The number of aromatic amines is 1. The first-order chi connectivity index (χ1) is 16.7. The van der Waals surface area contributed by atoms with Gasteiger partial charge in [0.05, 0.1) is 12.4 Å². The quantitative estimate of drug-likeness (QED) is 0.150. The van der Waals surface area contributed by atoms with Gasteiger partial charge in [-0.3, -0.25) is 19.2 Å². The maximum Gasteiger partial charge on any atom is 0.326 e. The van der Waals surface area contributed by atoms with Crippen LogP contribution in [0.15, 0.2) is 12.5 Å². The van der Waals surface area contributed by atoms with Gasteiger partial charge in [0.1, 0.15) is 18.1 Å². The van der Waals surface area contributed by atoms with Crippen LogP contribution in [0.5, 0.6) is 0 Å². The standard InChI is InChI=1S/C21H32N6O7S/c1-35-8-6-14(25-18(30)13-3-2-7-23-13)19(31)27-16(9-12-10-22-11-24-12)20(32)26-15(21(33)34)4-5-17(28)29/h10-11,13-16,23H,2-9H2,1H3,(H,22,24)(H,25,30)(H,26,32)(H,27,31)(H,28,29)(H,33,34). The molecule has 1 aromatic rings. The van der Waals surface area contributed by atoms with E-state index in [0.717, 1.165) is 13.0 Å². The Balaban J connectivity index is 2.13. The number of rotatable bonds is 15. The molecule has 13 nitrogen and oxygen atoms in total. The highest BCUT2D eigenvalue weighted by Crippen LogP contribution is 2.09. The van der Waals surface area contributed by atoms with E-state index >= 15 is 0 Å². The molecule has 3 amide bonds. The van der Waals surface area contributed by atoms with E-state index in [9.17, 15) is 29.1 Å². The van der Waals surface area contributed by atoms with Crippen LogP contribution in [0.25, 0.3) is 0 Å². The number of carbonyl (C=O) groups excluding carboxylic acids is 3. The van der Waals surface area contributed by atoms with Gasteiger partial charge in [-0.15, -0.1) is 0 Å². The summed E-state index contributed by atoms with van der Waals surface area (Å²) in [5, 5.41) is 29.0. The predicted octanol–water partition coefficient (Wildman–Crippen LogP) is -1.14. The van der Waals surface area contributed by atoms with Crippen molar-refractivity contribution in [2.75, 3.05) is 18.6 Å². The Morgan fingerprint density at radius 3 is 2.37 bits per heavy atom. The van der Waals surface area contributed by atoms with Crippen LogP contribution in [0.2, 0.25) is 0 Å². The van der Waals surface area contributed by atoms with Crippen molar-refractivity contribution < 1.29 is 34.2 Å². The van der Waals surface area contributed by atoms with Crippen LogP contribution < -0.4 is 21.3 Å². The van der Waals surface area contributed by atoms with E-state index in [1.165, 1.54) is 24.3 Å². The molecule has 0 aromatic carbocycles. The van der Waals surface area contributed by atoms with Gasteiger partial charge in [0.25, 0.3) is 0 Å². The number of imidazole rings is 1. The van der Waals surface area contributed by atoms with Crippen molar-refractivity contribution in [1.29, 1.82) is 0 Å². The van der Waals surface area contributed by atoms with Gasteiger partial charge in [0.15, 0.2) is 0 Å². The molecule has 2 heterocycles. The molecule has 1 aromatic heterocycles. The van der Waals surface area contributed by atoms with Gasteiger partial charge in [0, 0.05) is 24.7 Å². The number of H-pyrrole nitrogens is 1. The Morgan fingerprint density at radius 1 is 1.09 bits per heavy atom. The summed E-state index contributed by atoms with van der Waals surface area (Å²) in [6.45, 7) is 0.721. The normalized spacial score (nSPS) is 17.7. The van der Waals surface area contributed by atoms with E-state index in [1.54, 1.807) is 0 Å². The molecule has 1 fully saturated rings. The highest BCUT2D eigenvalue weighted by Gasteiger charge is 2.31. The number of nitrogens with zero attached hydrogens (tertiary/aromatic N) is 1. The lowest BCUT2D eigenvalue weighted by molar-refractivity contribution is -0.143. The van der Waals surface area contributed by atoms with Crippen molar-refractivity contribution in [3.8, 4) is 0 Å². The third-order valence-electron chi connectivity index (χ3n) is 5.49. The summed E-state index contributed by atoms with van der Waals surface area (Å²) in [6.07, 6.45) is 5.80. The molecule has 0 bridgehead atoms. The number of carbonyl (C=O) groups is 5. The van der Waals surface area contributed by atoms with E-state index in [-0.39, 0.29) is 24.8 Å². The second-order valence-corrected chi connectivity index (χ2v) is 9.15. The lowest BCUT2D eigenvalue weighted by atomic mass is 10.1. The molecule has 1 aliphatic heterocycles. The minimum atomic E-state index is -1.44. The molecule has 1 aliphatic rings. The number of hydrogen-bond acceptors (Lipinski definition) is 8. The fraction of sp³-hybridized carbons (Fsp3) is 0.619. The van der Waals surface area contributed by atoms with Crippen molar-refractivity contribution in [3.05, 3.63) is 18.2 Å². The molecule has 1 saturated heterocycles. The van der Waals surface area contributed by atoms with Crippen LogP contribution in [0.4, 0.5) is 0 Å². The zero-order valence-electron chi connectivity index (χ0n) is 19.4. The summed E-state index contributed by atoms with van der Waals surface area (Å²) in [5.74, 6) is -3.67. The van der Waals surface area contributed by atoms with Crippen LogP contribution >= 0.6 is 11.8 Å². The lowest BCUT2D eigenvalue weighted by Crippen LogP contribution is -2.57. The van der Waals surface area contributed by atoms with E-state index in [2.05, 4.69) is 31.2 Å². The molecular formula is C21H32N6O7S. The van der Waals surface area contributed by atoms with E-state index in [1.807, 2.05) is 6.26 Å². The third-order valence-corrected chi connectivity index (χ3v) is 6.14. The van der Waals surface area contributed by atoms with E-state index in [0.29, 0.717) is 24.3 Å². The minimum Gasteiger partial charge on any atom is -0.481 e. The third kappa shape index (κ3) is 9.56. The van der Waals surface area contributed by atoms with E-state index in [4.69, 9.17) is 5.11 Å². The van der Waals surface area contributed by atoms with Gasteiger partial charge < -0.3 is 36.5 Å². The Morgan fingerprint density at radius 2 is 1.80 bits per heavy atom. The van der Waals surface area contributed by atoms with Gasteiger partial charge in [-0.2, -0.15) is 11.8 Å². The number of amides is 3. The molecule has 2 rings (SSSR count). The lowest BCUT2D eigenvalue weighted by Gasteiger charge is -2.25. The number of nitrogens with one attached hydrogen (secondary N) is 5. The Bertz CT molecular complexity index is 876. The van der Waals surface area contributed by atoms with Crippen molar-refractivity contribution in [2.45, 2.75) is 62.7 Å². The second-order valence-electron chi connectivity index (χ2n) is 8.17. The van der Waals surface area contributed by atoms with Crippen LogP contribution in [-0.4, -0.2) is 92.6 Å². The number of thioether (sulfide) groups is 1. The fourth-order valence-electron chi connectivity index (χ4n) is 3.58. The van der Waals surface area contributed by atoms with Gasteiger partial charge in [-0.1, -0.05) is 0 Å². The highest BCUT2D eigenvalue weighted by atomic mass is 32.2. The molecule has 7 N–H and O–H groups in total. The van der Waals surface area contributed by atoms with Gasteiger partial charge >= 0.3 is 11.9 Å². The van der Waals surface area contributed by atoms with Gasteiger partial charge in [-0.25, -0.2) is 9.78 Å². The van der Waals surface area contributed by atoms with Gasteiger partial charge in [0.2, 0.25) is 17.7 Å². The highest BCUT2D eigenvalue weighted by molar-refractivity contribution is 7.98. The molecule has 4 atom stereocenters.